The van der Waals surface area contributed by atoms with Crippen molar-refractivity contribution in [3.8, 4) is 17.6 Å². The molecule has 1 amide bonds. The molecule has 0 spiro atoms. The molecule has 3 aliphatic carbocycles. The molecule has 0 saturated heterocycles. The van der Waals surface area contributed by atoms with Gasteiger partial charge >= 0.3 is 0 Å². The van der Waals surface area contributed by atoms with Crippen LogP contribution in [-0.2, 0) is 35.6 Å². The number of nitrogens with one attached hydrogen (secondary N) is 1. The number of benzene rings is 2. The molecule has 0 aliphatic heterocycles. The second-order valence-corrected chi connectivity index (χ2v) is 12.2. The topological polar surface area (TPSA) is 198 Å². The van der Waals surface area contributed by atoms with E-state index in [1.54, 1.807) is 12.1 Å². The fourth-order valence-electron chi connectivity index (χ4n) is 6.06. The first-order valence-electron chi connectivity index (χ1n) is 12.3. The number of rotatable bonds is 3. The van der Waals surface area contributed by atoms with Crippen LogP contribution in [0.25, 0.3) is 0 Å². The molecular weight excluding hydrogens is 540 g/mol. The van der Waals surface area contributed by atoms with Crippen molar-refractivity contribution in [2.24, 2.45) is 29.4 Å². The maximum absolute atomic E-state index is 13.6. The molecule has 2 aromatic rings. The molecular formula is C28H24N2O9S. The highest BCUT2D eigenvalue weighted by Gasteiger charge is 2.66. The quantitative estimate of drug-likeness (QED) is 0.295. The molecule has 3 aliphatic rings. The molecule has 206 valence electrons. The SMILES string of the molecule is CS(=O)(=O)Nc1ccc(C#Cc2ccc(O)c3c2C[C@H]2C[C@H]4CC(=O)C(C(N)=O)C(=O)[C@@]4(O)C(=O)C2C3=O)cc1. The van der Waals surface area contributed by atoms with Gasteiger partial charge in [0.05, 0.1) is 17.7 Å². The molecule has 2 saturated carbocycles. The number of amides is 1. The lowest BCUT2D eigenvalue weighted by atomic mass is 9.53. The van der Waals surface area contributed by atoms with Gasteiger partial charge in [0.25, 0.3) is 0 Å². The first-order chi connectivity index (χ1) is 18.7. The zero-order valence-electron chi connectivity index (χ0n) is 21.1. The van der Waals surface area contributed by atoms with Crippen LogP contribution in [0, 0.1) is 35.5 Å². The lowest BCUT2D eigenvalue weighted by Crippen LogP contribution is -2.68. The van der Waals surface area contributed by atoms with E-state index in [1.165, 1.54) is 24.3 Å². The summed E-state index contributed by atoms with van der Waals surface area (Å²) in [5, 5.41) is 21.8. The van der Waals surface area contributed by atoms with Gasteiger partial charge in [0.15, 0.2) is 34.7 Å². The Morgan fingerprint density at radius 1 is 1.02 bits per heavy atom. The number of hydrogen-bond acceptors (Lipinski definition) is 9. The number of carbonyl (C=O) groups excluding carboxylic acids is 5. The van der Waals surface area contributed by atoms with Crippen molar-refractivity contribution in [1.82, 2.24) is 0 Å². The van der Waals surface area contributed by atoms with E-state index < -0.39 is 74.8 Å². The third-order valence-corrected chi connectivity index (χ3v) is 8.42. The zero-order chi connectivity index (χ0) is 29.1. The fraction of sp³-hybridized carbons (Fsp3) is 0.321. The third-order valence-electron chi connectivity index (χ3n) is 7.82. The standard InChI is InChI=1S/C28H24N2O9S/c1-40(38,39)30-17-7-3-13(4-8-17)2-5-14-6-9-19(31)22-18(14)11-15-10-16-12-20(32)23(27(29)36)26(35)28(16,37)25(34)21(15)24(22)33/h3-4,6-9,15-16,21,23,30-31,37H,10-12H2,1H3,(H2,29,36)/t15-,16+,21?,23?,28+/m1/s1. The monoisotopic (exact) mass is 564 g/mol. The number of primary amides is 1. The summed E-state index contributed by atoms with van der Waals surface area (Å²) in [6, 6.07) is 9.07. The number of aliphatic hydroxyl groups is 1. The minimum absolute atomic E-state index is 0.0155. The summed E-state index contributed by atoms with van der Waals surface area (Å²) in [7, 11) is -3.44. The first-order valence-corrected chi connectivity index (χ1v) is 14.2. The van der Waals surface area contributed by atoms with Crippen molar-refractivity contribution in [1.29, 1.82) is 0 Å². The van der Waals surface area contributed by atoms with Crippen molar-refractivity contribution in [2.75, 3.05) is 11.0 Å². The zero-order valence-corrected chi connectivity index (χ0v) is 21.9. The Morgan fingerprint density at radius 2 is 1.70 bits per heavy atom. The molecule has 5 atom stereocenters. The summed E-state index contributed by atoms with van der Waals surface area (Å²) in [5.41, 5.74) is 4.07. The van der Waals surface area contributed by atoms with Gasteiger partial charge in [-0.25, -0.2) is 8.42 Å². The number of phenols is 1. The summed E-state index contributed by atoms with van der Waals surface area (Å²) in [6.45, 7) is 0. The Labute approximate surface area is 228 Å². The number of aromatic hydroxyl groups is 1. The predicted molar refractivity (Wildman–Crippen MR) is 139 cm³/mol. The van der Waals surface area contributed by atoms with E-state index in [4.69, 9.17) is 5.73 Å². The summed E-state index contributed by atoms with van der Waals surface area (Å²) < 4.78 is 25.2. The van der Waals surface area contributed by atoms with Crippen LogP contribution in [0.15, 0.2) is 36.4 Å². The highest BCUT2D eigenvalue weighted by atomic mass is 32.2. The van der Waals surface area contributed by atoms with Crippen LogP contribution in [0.1, 0.15) is 39.9 Å². The van der Waals surface area contributed by atoms with E-state index in [9.17, 15) is 42.6 Å². The summed E-state index contributed by atoms with van der Waals surface area (Å²) in [6.07, 6.45) is 0.713. The van der Waals surface area contributed by atoms with Crippen LogP contribution < -0.4 is 10.5 Å². The average Bonchev–Trinajstić information content (AvgIpc) is 2.85. The molecule has 0 heterocycles. The Kier molecular flexibility index (Phi) is 6.40. The van der Waals surface area contributed by atoms with E-state index in [1.807, 2.05) is 0 Å². The van der Waals surface area contributed by atoms with E-state index in [-0.39, 0.29) is 24.2 Å². The molecule has 2 unspecified atom stereocenters. The van der Waals surface area contributed by atoms with Crippen LogP contribution in [0.2, 0.25) is 0 Å². The molecule has 0 radical (unpaired) electrons. The van der Waals surface area contributed by atoms with Crippen molar-refractivity contribution in [3.63, 3.8) is 0 Å². The van der Waals surface area contributed by atoms with Crippen molar-refractivity contribution in [3.05, 3.63) is 58.7 Å². The molecule has 5 N–H and O–H groups in total. The van der Waals surface area contributed by atoms with Crippen molar-refractivity contribution >= 4 is 44.8 Å². The van der Waals surface area contributed by atoms with Crippen molar-refractivity contribution < 1.29 is 42.6 Å². The van der Waals surface area contributed by atoms with Gasteiger partial charge in [-0.05, 0) is 60.7 Å². The number of carbonyl (C=O) groups is 5. The minimum Gasteiger partial charge on any atom is -0.507 e. The van der Waals surface area contributed by atoms with Gasteiger partial charge in [-0.1, -0.05) is 11.8 Å². The van der Waals surface area contributed by atoms with E-state index >= 15 is 0 Å². The minimum atomic E-state index is -3.44. The van der Waals surface area contributed by atoms with Crippen molar-refractivity contribution in [2.45, 2.75) is 24.9 Å². The van der Waals surface area contributed by atoms with Crippen LogP contribution in [0.5, 0.6) is 5.75 Å². The molecule has 0 bridgehead atoms. The Bertz CT molecular complexity index is 1680. The second-order valence-electron chi connectivity index (χ2n) is 10.4. The maximum Gasteiger partial charge on any atom is 0.235 e. The molecule has 0 aromatic heterocycles. The molecule has 5 rings (SSSR count). The number of anilines is 1. The van der Waals surface area contributed by atoms with Gasteiger partial charge in [-0.3, -0.25) is 28.7 Å². The number of Topliss-reactive ketones (excluding diaryl/α,β-unsaturated/α-hetero) is 4. The lowest BCUT2D eigenvalue weighted by Gasteiger charge is -2.48. The van der Waals surface area contributed by atoms with Crippen LogP contribution in [0.3, 0.4) is 0 Å². The maximum atomic E-state index is 13.6. The first kappa shape index (κ1) is 27.2. The predicted octanol–water partition coefficient (Wildman–Crippen LogP) is 0.0982. The van der Waals surface area contributed by atoms with E-state index in [2.05, 4.69) is 16.6 Å². The molecule has 2 fully saturated rings. The third kappa shape index (κ3) is 4.37. The number of fused-ring (bicyclic) bond motifs is 3. The molecule has 12 heteroatoms. The number of nitrogens with two attached hydrogens (primary N) is 1. The highest BCUT2D eigenvalue weighted by Crippen LogP contribution is 2.50. The summed E-state index contributed by atoms with van der Waals surface area (Å²) in [4.78, 5) is 64.4. The highest BCUT2D eigenvalue weighted by molar-refractivity contribution is 7.92. The average molecular weight is 565 g/mol. The van der Waals surface area contributed by atoms with Gasteiger partial charge < -0.3 is 15.9 Å². The molecule has 40 heavy (non-hydrogen) atoms. The van der Waals surface area contributed by atoms with E-state index in [0.717, 1.165) is 6.26 Å². The largest absolute Gasteiger partial charge is 0.507 e. The lowest BCUT2D eigenvalue weighted by molar-refractivity contribution is -0.175. The smallest absolute Gasteiger partial charge is 0.235 e. The van der Waals surface area contributed by atoms with Gasteiger partial charge in [-0.2, -0.15) is 0 Å². The number of hydrogen-bond donors (Lipinski definition) is 4. The van der Waals surface area contributed by atoms with Gasteiger partial charge in [0.2, 0.25) is 15.9 Å². The summed E-state index contributed by atoms with van der Waals surface area (Å²) >= 11 is 0. The van der Waals surface area contributed by atoms with Gasteiger partial charge in [-0.15, -0.1) is 0 Å². The van der Waals surface area contributed by atoms with E-state index in [0.29, 0.717) is 22.4 Å². The molecule has 11 nitrogen and oxygen atoms in total. The van der Waals surface area contributed by atoms with Crippen LogP contribution in [0.4, 0.5) is 5.69 Å². The second kappa shape index (κ2) is 9.39. The normalized spacial score (nSPS) is 27.6. The number of phenolic OH excluding ortho intramolecular Hbond substituents is 1. The Balaban J connectivity index is 1.50. The Morgan fingerprint density at radius 3 is 2.33 bits per heavy atom. The summed E-state index contributed by atoms with van der Waals surface area (Å²) in [5.74, 6) is -4.90. The fourth-order valence-corrected chi connectivity index (χ4v) is 6.62. The van der Waals surface area contributed by atoms with Gasteiger partial charge in [0, 0.05) is 29.2 Å². The molecule has 2 aromatic carbocycles. The van der Waals surface area contributed by atoms with Gasteiger partial charge in [0.1, 0.15) is 5.75 Å². The number of ketones is 4. The Hall–Kier alpha value is -4.34. The van der Waals surface area contributed by atoms with Crippen LogP contribution >= 0.6 is 0 Å². The number of sulfonamides is 1. The van der Waals surface area contributed by atoms with Crippen LogP contribution in [-0.4, -0.2) is 59.5 Å².